The second-order valence-electron chi connectivity index (χ2n) is 7.12. The van der Waals surface area contributed by atoms with Crippen LogP contribution in [0.1, 0.15) is 44.2 Å². The van der Waals surface area contributed by atoms with Crippen molar-refractivity contribution in [3.05, 3.63) is 23.3 Å². The summed E-state index contributed by atoms with van der Waals surface area (Å²) in [6.07, 6.45) is 0.801. The van der Waals surface area contributed by atoms with Crippen molar-refractivity contribution in [3.63, 3.8) is 0 Å². The molecule has 1 fully saturated rings. The Morgan fingerprint density at radius 3 is 2.46 bits per heavy atom. The van der Waals surface area contributed by atoms with Crippen molar-refractivity contribution in [3.8, 4) is 5.75 Å². The van der Waals surface area contributed by atoms with Gasteiger partial charge in [-0.2, -0.15) is 4.31 Å². The molecule has 0 spiro atoms. The molecule has 1 atom stereocenters. The van der Waals surface area contributed by atoms with Crippen molar-refractivity contribution in [1.29, 1.82) is 0 Å². The van der Waals surface area contributed by atoms with Gasteiger partial charge in [0.05, 0.1) is 12.0 Å². The fourth-order valence-corrected chi connectivity index (χ4v) is 4.91. The Morgan fingerprint density at radius 1 is 1.38 bits per heavy atom. The van der Waals surface area contributed by atoms with Crippen molar-refractivity contribution in [1.82, 2.24) is 4.31 Å². The molecular formula is C17H29ClN2O3S. The zero-order valence-corrected chi connectivity index (χ0v) is 16.8. The smallest absolute Gasteiger partial charge is 0.243 e. The van der Waals surface area contributed by atoms with E-state index in [2.05, 4.69) is 0 Å². The molecule has 0 bridgehead atoms. The summed E-state index contributed by atoms with van der Waals surface area (Å²) in [6, 6.07) is 3.59. The highest BCUT2D eigenvalue weighted by Crippen LogP contribution is 2.36. The average Bonchev–Trinajstić information content (AvgIpc) is 2.90. The molecule has 1 unspecified atom stereocenters. The summed E-state index contributed by atoms with van der Waals surface area (Å²) < 4.78 is 33.1. The molecular weight excluding hydrogens is 348 g/mol. The van der Waals surface area contributed by atoms with Gasteiger partial charge in [-0.25, -0.2) is 8.42 Å². The molecule has 0 aromatic heterocycles. The number of hydrogen-bond donors (Lipinski definition) is 1. The number of hydrogen-bond acceptors (Lipinski definition) is 4. The van der Waals surface area contributed by atoms with Crippen molar-refractivity contribution in [2.24, 2.45) is 11.1 Å². The molecule has 2 N–H and O–H groups in total. The van der Waals surface area contributed by atoms with Crippen LogP contribution in [0.3, 0.4) is 0 Å². The maximum Gasteiger partial charge on any atom is 0.243 e. The molecule has 1 saturated heterocycles. The first kappa shape index (κ1) is 21.2. The van der Waals surface area contributed by atoms with Gasteiger partial charge in [0.1, 0.15) is 5.75 Å². The molecule has 1 aliphatic rings. The molecule has 7 heteroatoms. The lowest BCUT2D eigenvalue weighted by Crippen LogP contribution is -2.34. The fourth-order valence-electron chi connectivity index (χ4n) is 3.07. The molecule has 0 radical (unpaired) electrons. The Kier molecular flexibility index (Phi) is 6.72. The van der Waals surface area contributed by atoms with Crippen LogP contribution in [0, 0.1) is 12.3 Å². The standard InChI is InChI=1S/C17H28N2O3S.ClH/c1-12(2)14-9-16(13(3)8-15(14)22-5)23(20,21)19-7-6-17(4,10-18)11-19;/h8-9,12H,6-7,10-11,18H2,1-5H3;1H. The first-order valence-corrected chi connectivity index (χ1v) is 9.47. The zero-order chi connectivity index (χ0) is 17.4. The minimum Gasteiger partial charge on any atom is -0.496 e. The van der Waals surface area contributed by atoms with E-state index in [1.165, 1.54) is 0 Å². The highest BCUT2D eigenvalue weighted by molar-refractivity contribution is 7.89. The van der Waals surface area contributed by atoms with Gasteiger partial charge in [-0.1, -0.05) is 20.8 Å². The van der Waals surface area contributed by atoms with Crippen molar-refractivity contribution in [2.45, 2.75) is 44.9 Å². The first-order chi connectivity index (χ1) is 10.6. The minimum absolute atomic E-state index is 0. The summed E-state index contributed by atoms with van der Waals surface area (Å²) in [4.78, 5) is 0.378. The molecule has 24 heavy (non-hydrogen) atoms. The third-order valence-electron chi connectivity index (χ3n) is 4.78. The van der Waals surface area contributed by atoms with E-state index in [1.807, 2.05) is 33.8 Å². The molecule has 0 aliphatic carbocycles. The highest BCUT2D eigenvalue weighted by Gasteiger charge is 2.39. The number of sulfonamides is 1. The van der Waals surface area contributed by atoms with Crippen LogP contribution >= 0.6 is 12.4 Å². The predicted octanol–water partition coefficient (Wildman–Crippen LogP) is 2.91. The number of nitrogens with zero attached hydrogens (tertiary/aromatic N) is 1. The summed E-state index contributed by atoms with van der Waals surface area (Å²) in [6.45, 7) is 9.43. The van der Waals surface area contributed by atoms with Gasteiger partial charge >= 0.3 is 0 Å². The normalized spacial score (nSPS) is 21.8. The maximum atomic E-state index is 13.1. The van der Waals surface area contributed by atoms with Crippen molar-refractivity contribution in [2.75, 3.05) is 26.7 Å². The number of ether oxygens (including phenoxy) is 1. The predicted molar refractivity (Wildman–Crippen MR) is 99.6 cm³/mol. The van der Waals surface area contributed by atoms with Crippen molar-refractivity contribution >= 4 is 22.4 Å². The highest BCUT2D eigenvalue weighted by atomic mass is 35.5. The summed E-state index contributed by atoms with van der Waals surface area (Å²) in [7, 11) is -1.90. The topological polar surface area (TPSA) is 72.6 Å². The lowest BCUT2D eigenvalue weighted by molar-refractivity contribution is 0.349. The summed E-state index contributed by atoms with van der Waals surface area (Å²) in [5.41, 5.74) is 7.30. The van der Waals surface area contributed by atoms with Gasteiger partial charge in [0.2, 0.25) is 10.0 Å². The lowest BCUT2D eigenvalue weighted by Gasteiger charge is -2.24. The Morgan fingerprint density at radius 2 is 2.00 bits per heavy atom. The van der Waals surface area contributed by atoms with Gasteiger partial charge in [0, 0.05) is 13.1 Å². The third kappa shape index (κ3) is 3.87. The number of methoxy groups -OCH3 is 1. The number of rotatable bonds is 5. The summed E-state index contributed by atoms with van der Waals surface area (Å²) >= 11 is 0. The molecule has 1 aliphatic heterocycles. The van der Waals surface area contributed by atoms with E-state index in [0.29, 0.717) is 30.1 Å². The number of halogens is 1. The minimum atomic E-state index is -3.51. The third-order valence-corrected chi connectivity index (χ3v) is 6.77. The lowest BCUT2D eigenvalue weighted by atomic mass is 9.90. The van der Waals surface area contributed by atoms with E-state index in [-0.39, 0.29) is 23.7 Å². The van der Waals surface area contributed by atoms with E-state index in [1.54, 1.807) is 17.5 Å². The van der Waals surface area contributed by atoms with Crippen LogP contribution in [-0.2, 0) is 10.0 Å². The van der Waals surface area contributed by atoms with E-state index in [4.69, 9.17) is 10.5 Å². The molecule has 2 rings (SSSR count). The van der Waals surface area contributed by atoms with Crippen LogP contribution < -0.4 is 10.5 Å². The van der Waals surface area contributed by atoms with Crippen LogP contribution in [0.5, 0.6) is 5.75 Å². The van der Waals surface area contributed by atoms with Gasteiger partial charge in [-0.05, 0) is 54.5 Å². The maximum absolute atomic E-state index is 13.1. The van der Waals surface area contributed by atoms with Gasteiger partial charge in [-0.3, -0.25) is 0 Å². The SMILES string of the molecule is COc1cc(C)c(S(=O)(=O)N2CCC(C)(CN)C2)cc1C(C)C.Cl. The van der Waals surface area contributed by atoms with Gasteiger partial charge in [-0.15, -0.1) is 12.4 Å². The second kappa shape index (κ2) is 7.60. The zero-order valence-electron chi connectivity index (χ0n) is 15.1. The molecule has 1 heterocycles. The van der Waals surface area contributed by atoms with Crippen LogP contribution in [-0.4, -0.2) is 39.5 Å². The quantitative estimate of drug-likeness (QED) is 0.857. The van der Waals surface area contributed by atoms with Crippen LogP contribution in [0.15, 0.2) is 17.0 Å². The Balaban J connectivity index is 0.00000288. The Hall–Kier alpha value is -0.820. The van der Waals surface area contributed by atoms with Crippen molar-refractivity contribution < 1.29 is 13.2 Å². The molecule has 138 valence electrons. The first-order valence-electron chi connectivity index (χ1n) is 8.03. The monoisotopic (exact) mass is 376 g/mol. The fraction of sp³-hybridized carbons (Fsp3) is 0.647. The molecule has 0 saturated carbocycles. The number of nitrogens with two attached hydrogens (primary N) is 1. The molecule has 1 aromatic carbocycles. The van der Waals surface area contributed by atoms with E-state index in [0.717, 1.165) is 17.7 Å². The van der Waals surface area contributed by atoms with E-state index in [9.17, 15) is 8.42 Å². The van der Waals surface area contributed by atoms with E-state index >= 15 is 0 Å². The molecule has 5 nitrogen and oxygen atoms in total. The summed E-state index contributed by atoms with van der Waals surface area (Å²) in [5, 5.41) is 0. The van der Waals surface area contributed by atoms with E-state index < -0.39 is 10.0 Å². The molecule has 1 aromatic rings. The second-order valence-corrected chi connectivity index (χ2v) is 9.02. The summed E-state index contributed by atoms with van der Waals surface area (Å²) in [5.74, 6) is 0.928. The molecule has 0 amide bonds. The van der Waals surface area contributed by atoms with Crippen LogP contribution in [0.4, 0.5) is 0 Å². The van der Waals surface area contributed by atoms with Gasteiger partial charge < -0.3 is 10.5 Å². The largest absolute Gasteiger partial charge is 0.496 e. The Bertz CT molecular complexity index is 691. The average molecular weight is 377 g/mol. The van der Waals surface area contributed by atoms with Crippen LogP contribution in [0.2, 0.25) is 0 Å². The van der Waals surface area contributed by atoms with Gasteiger partial charge in [0.15, 0.2) is 0 Å². The number of benzene rings is 1. The Labute approximate surface area is 152 Å². The van der Waals surface area contributed by atoms with Gasteiger partial charge in [0.25, 0.3) is 0 Å². The number of aryl methyl sites for hydroxylation is 1. The van der Waals surface area contributed by atoms with Crippen LogP contribution in [0.25, 0.3) is 0 Å².